The second-order valence-corrected chi connectivity index (χ2v) is 17.5. The molecule has 0 amide bonds. The number of benzene rings is 7. The van der Waals surface area contributed by atoms with E-state index in [0.717, 1.165) is 32.3 Å². The summed E-state index contributed by atoms with van der Waals surface area (Å²) in [5, 5.41) is 35.5. The largest absolute Gasteiger partial charge is 3.00 e. The van der Waals surface area contributed by atoms with E-state index in [1.807, 2.05) is 24.3 Å². The first-order valence-electron chi connectivity index (χ1n) is 20.7. The molecular weight excluding hydrogens is 1180 g/mol. The van der Waals surface area contributed by atoms with Crippen LogP contribution in [0.1, 0.15) is 28.1 Å². The maximum atomic E-state index is 14.1. The van der Waals surface area contributed by atoms with Crippen molar-refractivity contribution in [1.29, 1.82) is 0 Å². The van der Waals surface area contributed by atoms with E-state index in [1.165, 1.54) is 28.2 Å². The number of alkyl halides is 9. The monoisotopic (exact) mass is 1210 g/mol. The smallest absolute Gasteiger partial charge is 0.277 e. The predicted octanol–water partition coefficient (Wildman–Crippen LogP) is 16.0. The molecule has 0 aliphatic rings. The van der Waals surface area contributed by atoms with Crippen LogP contribution < -0.4 is 0 Å². The summed E-state index contributed by atoms with van der Waals surface area (Å²) in [6.07, 6.45) is -14.0. The van der Waals surface area contributed by atoms with Crippen LogP contribution in [-0.2, 0) is 38.6 Å². The Morgan fingerprint density at radius 1 is 0.472 bits per heavy atom. The summed E-state index contributed by atoms with van der Waals surface area (Å²) in [6.45, 7) is 11.4. The summed E-state index contributed by atoms with van der Waals surface area (Å²) in [4.78, 5) is 1.25. The molecule has 0 saturated carbocycles. The Morgan fingerprint density at radius 2 is 0.875 bits per heavy atom. The molecule has 0 N–H and O–H groups in total. The molecule has 360 valence electrons. The van der Waals surface area contributed by atoms with Crippen molar-refractivity contribution in [2.75, 3.05) is 0 Å². The molecular formula is C53H28F9IrN6S3. The first kappa shape index (κ1) is 51.6. The van der Waals surface area contributed by atoms with E-state index in [4.69, 9.17) is 13.2 Å². The van der Waals surface area contributed by atoms with E-state index < -0.39 is 46.5 Å². The van der Waals surface area contributed by atoms with E-state index in [0.29, 0.717) is 42.9 Å². The molecule has 0 bridgehead atoms. The van der Waals surface area contributed by atoms with Crippen LogP contribution in [-0.4, -0.2) is 30.6 Å². The van der Waals surface area contributed by atoms with Crippen LogP contribution in [0.2, 0.25) is 0 Å². The Balaban J connectivity index is 0.000000163. The number of hydrogen-bond donors (Lipinski definition) is 2. The van der Waals surface area contributed by atoms with E-state index in [2.05, 4.69) is 110 Å². The van der Waals surface area contributed by atoms with Gasteiger partial charge in [-0.2, -0.15) is 92.2 Å². The number of fused-ring (bicyclic) bond motifs is 6. The van der Waals surface area contributed by atoms with Crippen molar-refractivity contribution in [2.45, 2.75) is 18.5 Å². The molecule has 0 spiro atoms. The van der Waals surface area contributed by atoms with Gasteiger partial charge in [0.15, 0.2) is 0 Å². The minimum absolute atomic E-state index is 0. The van der Waals surface area contributed by atoms with Crippen molar-refractivity contribution in [1.82, 2.24) is 30.6 Å². The number of aromatic nitrogens is 6. The molecule has 0 saturated heterocycles. The number of halogens is 9. The van der Waals surface area contributed by atoms with Crippen molar-refractivity contribution >= 4 is 111 Å². The van der Waals surface area contributed by atoms with Crippen LogP contribution in [0.15, 0.2) is 145 Å². The molecule has 7 aromatic carbocycles. The number of hydrogen-bond acceptors (Lipinski definition) is 9. The normalized spacial score (nSPS) is 11.8. The molecule has 0 unspecified atom stereocenters. The van der Waals surface area contributed by atoms with Crippen LogP contribution >= 0.6 is 36.6 Å². The van der Waals surface area contributed by atoms with Crippen LogP contribution in [0.25, 0.3) is 96.3 Å². The minimum atomic E-state index is -5.96. The third kappa shape index (κ3) is 10.4. The quantitative estimate of drug-likeness (QED) is 0.0791. The molecule has 19 heteroatoms. The molecule has 4 aromatic heterocycles. The molecule has 0 radical (unpaired) electrons. The Kier molecular flexibility index (Phi) is 14.6. The number of rotatable bonds is 4. The van der Waals surface area contributed by atoms with E-state index >= 15 is 0 Å². The Hall–Kier alpha value is -6.76. The molecule has 0 atom stereocenters. The number of thiol groups is 2. The van der Waals surface area contributed by atoms with Gasteiger partial charge in [-0.1, -0.05) is 113 Å². The number of thiophene rings is 1. The van der Waals surface area contributed by atoms with Crippen molar-refractivity contribution in [3.05, 3.63) is 192 Å². The fourth-order valence-corrected chi connectivity index (χ4v) is 9.13. The van der Waals surface area contributed by atoms with Crippen LogP contribution in [0, 0.1) is 19.2 Å². The third-order valence-electron chi connectivity index (χ3n) is 11.2. The SMILES string of the molecule is FC(F)(F)c1ccc(-c2nnc(-c3[c-]ccs3)c3cc4ccccc4cc23)c(C(F)(F)F)c1C(F)(F)F.[CH-]=C(S)c1nncc2cc3ccccc3cc12.[CH-]=C(S)c1nncc2cc3ccccc3cc12.[Ir+3]. The van der Waals surface area contributed by atoms with Gasteiger partial charge in [0, 0.05) is 16.6 Å². The average Bonchev–Trinajstić information content (AvgIpc) is 3.88. The zero-order chi connectivity index (χ0) is 50.4. The Bertz CT molecular complexity index is 3750. The van der Waals surface area contributed by atoms with Crippen molar-refractivity contribution in [3.63, 3.8) is 0 Å². The van der Waals surface area contributed by atoms with Gasteiger partial charge in [-0.25, -0.2) is 26.6 Å². The van der Waals surface area contributed by atoms with Crippen LogP contribution in [0.3, 0.4) is 0 Å². The van der Waals surface area contributed by atoms with E-state index in [9.17, 15) is 39.5 Å². The summed E-state index contributed by atoms with van der Waals surface area (Å²) in [6, 6.07) is 39.2. The molecule has 6 nitrogen and oxygen atoms in total. The van der Waals surface area contributed by atoms with Gasteiger partial charge >= 0.3 is 38.6 Å². The van der Waals surface area contributed by atoms with Gasteiger partial charge in [-0.05, 0) is 84.1 Å². The summed E-state index contributed by atoms with van der Waals surface area (Å²) < 4.78 is 124. The van der Waals surface area contributed by atoms with E-state index in [1.54, 1.807) is 54.2 Å². The second-order valence-electron chi connectivity index (χ2n) is 15.7. The molecule has 4 heterocycles. The molecule has 11 aromatic rings. The van der Waals surface area contributed by atoms with Gasteiger partial charge in [-0.15, -0.1) is 15.2 Å². The summed E-state index contributed by atoms with van der Waals surface area (Å²) in [5.41, 5.74) is -8.05. The van der Waals surface area contributed by atoms with Crippen LogP contribution in [0.4, 0.5) is 39.5 Å². The maximum Gasteiger partial charge on any atom is 3.00 e. The Labute approximate surface area is 431 Å². The first-order chi connectivity index (χ1) is 33.8. The maximum absolute atomic E-state index is 14.1. The van der Waals surface area contributed by atoms with Crippen LogP contribution in [0.5, 0.6) is 0 Å². The van der Waals surface area contributed by atoms with Crippen molar-refractivity contribution < 1.29 is 59.6 Å². The van der Waals surface area contributed by atoms with Gasteiger partial charge in [-0.3, -0.25) is 13.2 Å². The van der Waals surface area contributed by atoms with Gasteiger partial charge in [0.05, 0.1) is 34.8 Å². The standard InChI is InChI=1S/C25H10F9N2S.2C14H9N2S.Ir/c26-23(27,28)17-8-7-14(19(24(29,30)31)20(17)25(32,33)34)21-15-10-12-4-1-2-5-13(12)11-16(15)22(36-35-21)18-6-3-9-37-18;2*1-9(17)14-13-7-11-5-3-2-4-10(11)6-12(13)8-15-16-14;/h1-5,7-11H;2*1-8,17H;/q3*-1;+3. The zero-order valence-electron chi connectivity index (χ0n) is 36.2. The average molecular weight is 1210 g/mol. The molecule has 0 fully saturated rings. The Morgan fingerprint density at radius 3 is 1.26 bits per heavy atom. The first-order valence-corrected chi connectivity index (χ1v) is 22.5. The topological polar surface area (TPSA) is 77.3 Å². The summed E-state index contributed by atoms with van der Waals surface area (Å²) in [5.74, 6) is 0. The summed E-state index contributed by atoms with van der Waals surface area (Å²) >= 11 is 9.50. The fourth-order valence-electron chi connectivity index (χ4n) is 8.12. The predicted molar refractivity (Wildman–Crippen MR) is 267 cm³/mol. The summed E-state index contributed by atoms with van der Waals surface area (Å²) in [7, 11) is 0. The van der Waals surface area contributed by atoms with Gasteiger partial charge in [0.25, 0.3) is 0 Å². The van der Waals surface area contributed by atoms with E-state index in [-0.39, 0.29) is 42.6 Å². The molecule has 0 aliphatic heterocycles. The minimum Gasteiger partial charge on any atom is -0.277 e. The number of nitrogens with zero attached hydrogens (tertiary/aromatic N) is 6. The van der Waals surface area contributed by atoms with Gasteiger partial charge < -0.3 is 0 Å². The molecule has 0 aliphatic carbocycles. The second kappa shape index (κ2) is 20.4. The van der Waals surface area contributed by atoms with Crippen molar-refractivity contribution in [3.8, 4) is 21.8 Å². The fraction of sp³-hybridized carbons (Fsp3) is 0.0566. The zero-order valence-corrected chi connectivity index (χ0v) is 41.2. The van der Waals surface area contributed by atoms with Crippen molar-refractivity contribution in [2.24, 2.45) is 0 Å². The van der Waals surface area contributed by atoms with Gasteiger partial charge in [0.1, 0.15) is 0 Å². The molecule has 11 rings (SSSR count). The van der Waals surface area contributed by atoms with Gasteiger partial charge in [0.2, 0.25) is 0 Å². The molecule has 72 heavy (non-hydrogen) atoms. The third-order valence-corrected chi connectivity index (χ3v) is 12.4.